The number of unbranched alkanes of at least 4 members (excludes halogenated alkanes) is 1. The maximum atomic E-state index is 13.0. The first-order chi connectivity index (χ1) is 14.1. The number of hydrogen-bond donors (Lipinski definition) is 1. The lowest BCUT2D eigenvalue weighted by Crippen LogP contribution is -2.39. The molecule has 1 aromatic carbocycles. The van der Waals surface area contributed by atoms with Gasteiger partial charge in [-0.05, 0) is 70.5 Å². The van der Waals surface area contributed by atoms with Gasteiger partial charge in [0, 0.05) is 37.6 Å². The minimum atomic E-state index is 0.0524. The van der Waals surface area contributed by atoms with E-state index in [9.17, 15) is 4.79 Å². The molecule has 1 heterocycles. The van der Waals surface area contributed by atoms with E-state index in [1.165, 1.54) is 0 Å². The van der Waals surface area contributed by atoms with Crippen molar-refractivity contribution < 1.29 is 4.74 Å². The molecule has 1 aliphatic carbocycles. The van der Waals surface area contributed by atoms with Crippen molar-refractivity contribution in [3.8, 4) is 11.4 Å². The lowest BCUT2D eigenvalue weighted by atomic mass is 9.90. The first kappa shape index (κ1) is 21.7. The van der Waals surface area contributed by atoms with E-state index in [0.717, 1.165) is 69.7 Å². The SMILES string of the molecule is CCCCOc1ccc(-n2ccn(C3CCC(N(C)CCNC)CC3)c2=O)cc1. The summed E-state index contributed by atoms with van der Waals surface area (Å²) in [6.45, 7) is 4.97. The third-order valence-electron chi connectivity index (χ3n) is 6.08. The van der Waals surface area contributed by atoms with E-state index in [2.05, 4.69) is 24.2 Å². The lowest BCUT2D eigenvalue weighted by Gasteiger charge is -2.34. The maximum Gasteiger partial charge on any atom is 0.332 e. The summed E-state index contributed by atoms with van der Waals surface area (Å²) >= 11 is 0. The van der Waals surface area contributed by atoms with Crippen molar-refractivity contribution in [3.05, 3.63) is 47.1 Å². The molecule has 0 amide bonds. The molecule has 0 unspecified atom stereocenters. The topological polar surface area (TPSA) is 51.4 Å². The summed E-state index contributed by atoms with van der Waals surface area (Å²) in [5.41, 5.74) is 0.939. The van der Waals surface area contributed by atoms with Crippen molar-refractivity contribution in [2.45, 2.75) is 57.5 Å². The van der Waals surface area contributed by atoms with Gasteiger partial charge in [0.05, 0.1) is 12.3 Å². The molecule has 3 rings (SSSR count). The Morgan fingerprint density at radius 1 is 1.14 bits per heavy atom. The molecule has 160 valence electrons. The van der Waals surface area contributed by atoms with Gasteiger partial charge in [-0.15, -0.1) is 0 Å². The second-order valence-corrected chi connectivity index (χ2v) is 8.10. The molecule has 29 heavy (non-hydrogen) atoms. The van der Waals surface area contributed by atoms with Crippen LogP contribution in [0.5, 0.6) is 5.75 Å². The van der Waals surface area contributed by atoms with E-state index in [0.29, 0.717) is 12.1 Å². The van der Waals surface area contributed by atoms with Crippen LogP contribution in [0.15, 0.2) is 41.5 Å². The second-order valence-electron chi connectivity index (χ2n) is 8.10. The van der Waals surface area contributed by atoms with Crippen LogP contribution in [0.1, 0.15) is 51.5 Å². The first-order valence-electron chi connectivity index (χ1n) is 11.0. The number of nitrogens with zero attached hydrogens (tertiary/aromatic N) is 3. The number of rotatable bonds is 10. The summed E-state index contributed by atoms with van der Waals surface area (Å²) in [5.74, 6) is 0.857. The molecule has 0 aliphatic heterocycles. The van der Waals surface area contributed by atoms with Crippen molar-refractivity contribution in [2.75, 3.05) is 33.8 Å². The third kappa shape index (κ3) is 5.52. The number of ether oxygens (including phenoxy) is 1. The van der Waals surface area contributed by atoms with Gasteiger partial charge in [-0.3, -0.25) is 9.13 Å². The van der Waals surface area contributed by atoms with E-state index in [4.69, 9.17) is 4.74 Å². The predicted molar refractivity (Wildman–Crippen MR) is 118 cm³/mol. The summed E-state index contributed by atoms with van der Waals surface area (Å²) in [6.07, 6.45) is 10.4. The molecule has 1 N–H and O–H groups in total. The maximum absolute atomic E-state index is 13.0. The van der Waals surface area contributed by atoms with Crippen LogP contribution in [0.2, 0.25) is 0 Å². The highest BCUT2D eigenvalue weighted by Gasteiger charge is 2.26. The van der Waals surface area contributed by atoms with E-state index < -0.39 is 0 Å². The van der Waals surface area contributed by atoms with Crippen molar-refractivity contribution in [2.24, 2.45) is 0 Å². The van der Waals surface area contributed by atoms with Crippen molar-refractivity contribution in [1.29, 1.82) is 0 Å². The highest BCUT2D eigenvalue weighted by molar-refractivity contribution is 5.37. The summed E-state index contributed by atoms with van der Waals surface area (Å²) in [5, 5.41) is 3.22. The van der Waals surface area contributed by atoms with Crippen LogP contribution in [0, 0.1) is 0 Å². The number of nitrogens with one attached hydrogen (secondary N) is 1. The molecule has 6 nitrogen and oxygen atoms in total. The Hall–Kier alpha value is -2.05. The van der Waals surface area contributed by atoms with E-state index in [1.807, 2.05) is 48.3 Å². The van der Waals surface area contributed by atoms with Crippen LogP contribution < -0.4 is 15.7 Å². The molecule has 6 heteroatoms. The summed E-state index contributed by atoms with van der Waals surface area (Å²) < 4.78 is 9.38. The van der Waals surface area contributed by atoms with Gasteiger partial charge < -0.3 is 15.0 Å². The number of imidazole rings is 1. The largest absolute Gasteiger partial charge is 0.494 e. The molecule has 0 spiro atoms. The monoisotopic (exact) mass is 400 g/mol. The Labute approximate surface area is 174 Å². The van der Waals surface area contributed by atoms with E-state index in [1.54, 1.807) is 4.57 Å². The number of hydrogen-bond acceptors (Lipinski definition) is 4. The molecule has 0 saturated heterocycles. The van der Waals surface area contributed by atoms with Crippen LogP contribution in [-0.4, -0.2) is 53.9 Å². The molecule has 2 aromatic rings. The molecule has 1 aliphatic rings. The van der Waals surface area contributed by atoms with Gasteiger partial charge in [0.15, 0.2) is 0 Å². The summed E-state index contributed by atoms with van der Waals surface area (Å²) in [4.78, 5) is 15.4. The van der Waals surface area contributed by atoms with Crippen LogP contribution in [0.25, 0.3) is 5.69 Å². The Morgan fingerprint density at radius 2 is 1.86 bits per heavy atom. The fourth-order valence-corrected chi connectivity index (χ4v) is 4.15. The lowest BCUT2D eigenvalue weighted by molar-refractivity contribution is 0.167. The first-order valence-corrected chi connectivity index (χ1v) is 11.0. The number of aromatic nitrogens is 2. The van der Waals surface area contributed by atoms with Gasteiger partial charge in [-0.1, -0.05) is 13.3 Å². The Morgan fingerprint density at radius 3 is 2.52 bits per heavy atom. The standard InChI is InChI=1S/C23H36N4O2/c1-4-5-18-29-22-12-10-21(11-13-22)27-17-16-26(23(27)28)20-8-6-19(7-9-20)25(3)15-14-24-2/h10-13,16-17,19-20,24H,4-9,14-15,18H2,1-3H3. The zero-order valence-corrected chi connectivity index (χ0v) is 18.1. The van der Waals surface area contributed by atoms with Gasteiger partial charge in [0.25, 0.3) is 0 Å². The highest BCUT2D eigenvalue weighted by atomic mass is 16.5. The molecular weight excluding hydrogens is 364 g/mol. The van der Waals surface area contributed by atoms with Crippen molar-refractivity contribution in [3.63, 3.8) is 0 Å². The average Bonchev–Trinajstić information content (AvgIpc) is 3.14. The molecule has 0 bridgehead atoms. The van der Waals surface area contributed by atoms with Crippen LogP contribution >= 0.6 is 0 Å². The summed E-state index contributed by atoms with van der Waals surface area (Å²) in [7, 11) is 4.20. The molecular formula is C23H36N4O2. The zero-order chi connectivity index (χ0) is 20.6. The molecule has 1 saturated carbocycles. The van der Waals surface area contributed by atoms with Gasteiger partial charge in [0.1, 0.15) is 5.75 Å². The van der Waals surface area contributed by atoms with E-state index in [-0.39, 0.29) is 5.69 Å². The minimum Gasteiger partial charge on any atom is -0.494 e. The zero-order valence-electron chi connectivity index (χ0n) is 18.1. The molecule has 0 radical (unpaired) electrons. The second kappa shape index (κ2) is 10.6. The van der Waals surface area contributed by atoms with Gasteiger partial charge in [0.2, 0.25) is 0 Å². The molecule has 1 fully saturated rings. The Kier molecular flexibility index (Phi) is 7.95. The van der Waals surface area contributed by atoms with Crippen molar-refractivity contribution in [1.82, 2.24) is 19.4 Å². The van der Waals surface area contributed by atoms with Crippen LogP contribution in [0.3, 0.4) is 0 Å². The Balaban J connectivity index is 1.61. The molecule has 0 atom stereocenters. The number of likely N-dealkylation sites (N-methyl/N-ethyl adjacent to an activating group) is 2. The highest BCUT2D eigenvalue weighted by Crippen LogP contribution is 2.30. The minimum absolute atomic E-state index is 0.0524. The third-order valence-corrected chi connectivity index (χ3v) is 6.08. The van der Waals surface area contributed by atoms with Gasteiger partial charge in [-0.2, -0.15) is 0 Å². The number of benzene rings is 1. The smallest absolute Gasteiger partial charge is 0.332 e. The summed E-state index contributed by atoms with van der Waals surface area (Å²) in [6, 6.07) is 8.73. The normalized spacial score (nSPS) is 19.6. The average molecular weight is 401 g/mol. The fourth-order valence-electron chi connectivity index (χ4n) is 4.15. The van der Waals surface area contributed by atoms with Crippen LogP contribution in [-0.2, 0) is 0 Å². The Bertz CT molecular complexity index is 788. The van der Waals surface area contributed by atoms with Crippen LogP contribution in [0.4, 0.5) is 0 Å². The van der Waals surface area contributed by atoms with Gasteiger partial charge in [-0.25, -0.2) is 4.79 Å². The van der Waals surface area contributed by atoms with Crippen molar-refractivity contribution >= 4 is 0 Å². The van der Waals surface area contributed by atoms with E-state index >= 15 is 0 Å². The predicted octanol–water partition coefficient (Wildman–Crippen LogP) is 3.45. The van der Waals surface area contributed by atoms with Gasteiger partial charge >= 0.3 is 5.69 Å². The quantitative estimate of drug-likeness (QED) is 0.621. The fraction of sp³-hybridized carbons (Fsp3) is 0.609. The molecule has 1 aromatic heterocycles.